The van der Waals surface area contributed by atoms with Gasteiger partial charge in [0.2, 0.25) is 10.0 Å². The first-order valence-electron chi connectivity index (χ1n) is 9.50. The summed E-state index contributed by atoms with van der Waals surface area (Å²) in [6.07, 6.45) is 0.576. The standard InChI is InChI=1S/C23H22N2O5S/c24-31(28,29)20-12-10-18(11-13-20)15-25-22(26)16-30-23(27)21-9-5-4-8-19(21)14-17-6-2-1-3-7-17/h1-13H,14-16H2,(H,25,26)(H2,24,28,29). The predicted molar refractivity (Wildman–Crippen MR) is 116 cm³/mol. The third-order valence-corrected chi connectivity index (χ3v) is 5.48. The molecule has 3 N–H and O–H groups in total. The van der Waals surface area contributed by atoms with Crippen LogP contribution in [0.25, 0.3) is 0 Å². The van der Waals surface area contributed by atoms with Crippen LogP contribution in [0.15, 0.2) is 83.8 Å². The first kappa shape index (κ1) is 22.2. The van der Waals surface area contributed by atoms with Crippen LogP contribution in [0.4, 0.5) is 0 Å². The fraction of sp³-hybridized carbons (Fsp3) is 0.130. The van der Waals surface area contributed by atoms with E-state index in [1.54, 1.807) is 24.3 Å². The maximum absolute atomic E-state index is 12.5. The Morgan fingerprint density at radius 3 is 2.16 bits per heavy atom. The summed E-state index contributed by atoms with van der Waals surface area (Å²) < 4.78 is 27.7. The molecule has 0 aliphatic heterocycles. The molecule has 0 saturated carbocycles. The van der Waals surface area contributed by atoms with Crippen molar-refractivity contribution in [3.05, 3.63) is 101 Å². The Morgan fingerprint density at radius 1 is 0.839 bits per heavy atom. The van der Waals surface area contributed by atoms with Crippen LogP contribution in [0, 0.1) is 0 Å². The number of amides is 1. The van der Waals surface area contributed by atoms with Gasteiger partial charge >= 0.3 is 5.97 Å². The van der Waals surface area contributed by atoms with Crippen molar-refractivity contribution in [1.29, 1.82) is 0 Å². The molecule has 3 rings (SSSR count). The number of carbonyl (C=O) groups excluding carboxylic acids is 2. The molecule has 0 atom stereocenters. The maximum atomic E-state index is 12.5. The lowest BCUT2D eigenvalue weighted by Gasteiger charge is -2.10. The molecule has 1 amide bonds. The second kappa shape index (κ2) is 10.0. The Balaban J connectivity index is 1.53. The zero-order chi connectivity index (χ0) is 22.3. The smallest absolute Gasteiger partial charge is 0.338 e. The third kappa shape index (κ3) is 6.50. The third-order valence-electron chi connectivity index (χ3n) is 4.55. The summed E-state index contributed by atoms with van der Waals surface area (Å²) in [4.78, 5) is 24.5. The van der Waals surface area contributed by atoms with Crippen molar-refractivity contribution < 1.29 is 22.7 Å². The van der Waals surface area contributed by atoms with Gasteiger partial charge in [0.25, 0.3) is 5.91 Å². The van der Waals surface area contributed by atoms with E-state index in [1.807, 2.05) is 42.5 Å². The first-order chi connectivity index (χ1) is 14.8. The number of nitrogens with one attached hydrogen (secondary N) is 1. The average molecular weight is 439 g/mol. The van der Waals surface area contributed by atoms with Gasteiger partial charge in [-0.25, -0.2) is 18.4 Å². The molecule has 8 heteroatoms. The van der Waals surface area contributed by atoms with Gasteiger partial charge < -0.3 is 10.1 Å². The van der Waals surface area contributed by atoms with Crippen LogP contribution in [-0.4, -0.2) is 26.9 Å². The zero-order valence-corrected chi connectivity index (χ0v) is 17.5. The molecule has 0 unspecified atom stereocenters. The lowest BCUT2D eigenvalue weighted by atomic mass is 10.00. The molecule has 3 aromatic carbocycles. The number of esters is 1. The number of nitrogens with two attached hydrogens (primary N) is 1. The highest BCUT2D eigenvalue weighted by molar-refractivity contribution is 7.89. The largest absolute Gasteiger partial charge is 0.452 e. The Morgan fingerprint density at radius 2 is 1.48 bits per heavy atom. The topological polar surface area (TPSA) is 116 Å². The van der Waals surface area contributed by atoms with E-state index in [9.17, 15) is 18.0 Å². The lowest BCUT2D eigenvalue weighted by Crippen LogP contribution is -2.28. The monoisotopic (exact) mass is 438 g/mol. The maximum Gasteiger partial charge on any atom is 0.338 e. The molecule has 0 spiro atoms. The van der Waals surface area contributed by atoms with Gasteiger partial charge in [0.15, 0.2) is 6.61 Å². The number of hydrogen-bond acceptors (Lipinski definition) is 5. The van der Waals surface area contributed by atoms with E-state index >= 15 is 0 Å². The summed E-state index contributed by atoms with van der Waals surface area (Å²) in [5.74, 6) is -1.04. The molecular weight excluding hydrogens is 416 g/mol. The van der Waals surface area contributed by atoms with Crippen LogP contribution in [0.1, 0.15) is 27.0 Å². The number of carbonyl (C=O) groups is 2. The van der Waals surface area contributed by atoms with Gasteiger partial charge in [-0.2, -0.15) is 0 Å². The van der Waals surface area contributed by atoms with Gasteiger partial charge in [0.1, 0.15) is 0 Å². The van der Waals surface area contributed by atoms with Gasteiger partial charge in [0.05, 0.1) is 10.5 Å². The van der Waals surface area contributed by atoms with E-state index in [4.69, 9.17) is 9.88 Å². The Bertz CT molecular complexity index is 1160. The van der Waals surface area contributed by atoms with Gasteiger partial charge in [0, 0.05) is 6.54 Å². The van der Waals surface area contributed by atoms with Crippen molar-refractivity contribution >= 4 is 21.9 Å². The second-order valence-corrected chi connectivity index (χ2v) is 8.42. The Hall–Kier alpha value is -3.49. The van der Waals surface area contributed by atoms with E-state index in [2.05, 4.69) is 5.32 Å². The summed E-state index contributed by atoms with van der Waals surface area (Å²) >= 11 is 0. The molecule has 0 aliphatic carbocycles. The van der Waals surface area contributed by atoms with Gasteiger partial charge in [-0.1, -0.05) is 60.7 Å². The summed E-state index contributed by atoms with van der Waals surface area (Å²) in [5, 5.41) is 7.67. The van der Waals surface area contributed by atoms with Crippen molar-refractivity contribution in [1.82, 2.24) is 5.32 Å². The number of benzene rings is 3. The fourth-order valence-electron chi connectivity index (χ4n) is 2.95. The molecule has 0 bridgehead atoms. The highest BCUT2D eigenvalue weighted by Gasteiger charge is 2.14. The SMILES string of the molecule is NS(=O)(=O)c1ccc(CNC(=O)COC(=O)c2ccccc2Cc2ccccc2)cc1. The van der Waals surface area contributed by atoms with Crippen LogP contribution in [0.3, 0.4) is 0 Å². The van der Waals surface area contributed by atoms with E-state index in [0.29, 0.717) is 17.5 Å². The molecule has 160 valence electrons. The molecule has 0 aromatic heterocycles. The van der Waals surface area contributed by atoms with Crippen molar-refractivity contribution in [2.24, 2.45) is 5.14 Å². The Labute approximate surface area is 180 Å². The summed E-state index contributed by atoms with van der Waals surface area (Å²) in [6.45, 7) is -0.264. The highest BCUT2D eigenvalue weighted by Crippen LogP contribution is 2.15. The Kier molecular flexibility index (Phi) is 7.17. The molecule has 7 nitrogen and oxygen atoms in total. The number of sulfonamides is 1. The van der Waals surface area contributed by atoms with Crippen molar-refractivity contribution in [3.63, 3.8) is 0 Å². The van der Waals surface area contributed by atoms with Gasteiger partial charge in [-0.15, -0.1) is 0 Å². The minimum absolute atomic E-state index is 0.00863. The summed E-state index contributed by atoms with van der Waals surface area (Å²) in [6, 6.07) is 22.7. The van der Waals surface area contributed by atoms with E-state index in [-0.39, 0.29) is 11.4 Å². The quantitative estimate of drug-likeness (QED) is 0.524. The molecule has 0 heterocycles. The molecule has 0 saturated heterocycles. The van der Waals surface area contributed by atoms with Crippen LogP contribution >= 0.6 is 0 Å². The fourth-order valence-corrected chi connectivity index (χ4v) is 3.46. The summed E-state index contributed by atoms with van der Waals surface area (Å²) in [5.41, 5.74) is 2.97. The first-order valence-corrected chi connectivity index (χ1v) is 11.0. The van der Waals surface area contributed by atoms with Crippen LogP contribution in [0.2, 0.25) is 0 Å². The van der Waals surface area contributed by atoms with Gasteiger partial charge in [-0.3, -0.25) is 4.79 Å². The van der Waals surface area contributed by atoms with Crippen LogP contribution in [0.5, 0.6) is 0 Å². The number of rotatable bonds is 8. The van der Waals surface area contributed by atoms with Crippen LogP contribution < -0.4 is 10.5 Å². The van der Waals surface area contributed by atoms with E-state index in [1.165, 1.54) is 12.1 Å². The van der Waals surface area contributed by atoms with Crippen molar-refractivity contribution in [2.75, 3.05) is 6.61 Å². The minimum Gasteiger partial charge on any atom is -0.452 e. The zero-order valence-electron chi connectivity index (χ0n) is 16.7. The average Bonchev–Trinajstić information content (AvgIpc) is 2.77. The lowest BCUT2D eigenvalue weighted by molar-refractivity contribution is -0.124. The molecule has 0 radical (unpaired) electrons. The second-order valence-electron chi connectivity index (χ2n) is 6.86. The highest BCUT2D eigenvalue weighted by atomic mass is 32.2. The predicted octanol–water partition coefficient (Wildman–Crippen LogP) is 2.40. The molecule has 31 heavy (non-hydrogen) atoms. The number of ether oxygens (including phenoxy) is 1. The van der Waals surface area contributed by atoms with Crippen LogP contribution in [-0.2, 0) is 32.5 Å². The number of primary sulfonamides is 1. The van der Waals surface area contributed by atoms with Gasteiger partial charge in [-0.05, 0) is 41.3 Å². The molecular formula is C23H22N2O5S. The molecule has 0 aliphatic rings. The number of hydrogen-bond donors (Lipinski definition) is 2. The van der Waals surface area contributed by atoms with E-state index < -0.39 is 28.5 Å². The van der Waals surface area contributed by atoms with Crippen molar-refractivity contribution in [2.45, 2.75) is 17.9 Å². The van der Waals surface area contributed by atoms with Crippen molar-refractivity contribution in [3.8, 4) is 0 Å². The molecule has 0 fully saturated rings. The summed E-state index contributed by atoms with van der Waals surface area (Å²) in [7, 11) is -3.76. The molecule has 3 aromatic rings. The normalized spacial score (nSPS) is 11.0. The van der Waals surface area contributed by atoms with E-state index in [0.717, 1.165) is 11.1 Å². The minimum atomic E-state index is -3.76.